The minimum absolute atomic E-state index is 0.193. The van der Waals surface area contributed by atoms with Crippen LogP contribution >= 0.6 is 12.2 Å². The molecule has 0 unspecified atom stereocenters. The number of H-pyrrole nitrogens is 2. The normalized spacial score (nSPS) is 13.5. The lowest BCUT2D eigenvalue weighted by Crippen LogP contribution is -2.17. The first-order chi connectivity index (χ1) is 9.11. The summed E-state index contributed by atoms with van der Waals surface area (Å²) in [7, 11) is 1.30. The fourth-order valence-corrected chi connectivity index (χ4v) is 2.71. The Kier molecular flexibility index (Phi) is 2.70. The van der Waals surface area contributed by atoms with Gasteiger partial charge in [0.15, 0.2) is 4.77 Å². The Balaban J connectivity index is 2.52. The number of hydrogen-bond acceptors (Lipinski definition) is 5. The lowest BCUT2D eigenvalue weighted by molar-refractivity contribution is 0.0601. The van der Waals surface area contributed by atoms with E-state index in [4.69, 9.17) is 17.0 Å². The van der Waals surface area contributed by atoms with E-state index in [-0.39, 0.29) is 10.2 Å². The summed E-state index contributed by atoms with van der Waals surface area (Å²) in [6, 6.07) is 0. The van der Waals surface area contributed by atoms with Crippen molar-refractivity contribution in [2.24, 2.45) is 0 Å². The SMILES string of the molecule is COC(=O)c1c2c(nc3[nH]c(=S)[nH]c(=O)c13)CCC2. The van der Waals surface area contributed by atoms with Crippen molar-refractivity contribution in [2.75, 3.05) is 7.11 Å². The number of nitrogens with zero attached hydrogens (tertiary/aromatic N) is 1. The molecule has 2 aromatic heterocycles. The van der Waals surface area contributed by atoms with Gasteiger partial charge in [-0.2, -0.15) is 0 Å². The molecule has 0 radical (unpaired) electrons. The first-order valence-electron chi connectivity index (χ1n) is 5.88. The summed E-state index contributed by atoms with van der Waals surface area (Å²) in [5.74, 6) is -0.512. The number of carbonyl (C=O) groups is 1. The van der Waals surface area contributed by atoms with E-state index in [2.05, 4.69) is 15.0 Å². The van der Waals surface area contributed by atoms with Gasteiger partial charge >= 0.3 is 5.97 Å². The summed E-state index contributed by atoms with van der Waals surface area (Å²) in [5, 5.41) is 0.223. The van der Waals surface area contributed by atoms with Crippen molar-refractivity contribution in [3.05, 3.63) is 31.9 Å². The van der Waals surface area contributed by atoms with Crippen LogP contribution in [0.25, 0.3) is 11.0 Å². The molecule has 6 nitrogen and oxygen atoms in total. The van der Waals surface area contributed by atoms with E-state index in [1.165, 1.54) is 7.11 Å². The Labute approximate surface area is 112 Å². The zero-order valence-corrected chi connectivity index (χ0v) is 11.0. The maximum absolute atomic E-state index is 12.1. The first-order valence-corrected chi connectivity index (χ1v) is 6.29. The number of ether oxygens (including phenoxy) is 1. The van der Waals surface area contributed by atoms with E-state index in [9.17, 15) is 9.59 Å². The molecule has 2 heterocycles. The maximum Gasteiger partial charge on any atom is 0.339 e. The van der Waals surface area contributed by atoms with Crippen LogP contribution < -0.4 is 5.56 Å². The summed E-state index contributed by atoms with van der Waals surface area (Å²) in [5.41, 5.74) is 1.89. The number of aromatic amines is 2. The Bertz CT molecular complexity index is 806. The third-order valence-electron chi connectivity index (χ3n) is 3.30. The quantitative estimate of drug-likeness (QED) is 0.605. The van der Waals surface area contributed by atoms with Crippen LogP contribution in [-0.4, -0.2) is 28.0 Å². The highest BCUT2D eigenvalue weighted by Gasteiger charge is 2.26. The molecule has 2 aromatic rings. The Hall–Kier alpha value is -2.02. The number of esters is 1. The van der Waals surface area contributed by atoms with Crippen molar-refractivity contribution in [1.82, 2.24) is 15.0 Å². The van der Waals surface area contributed by atoms with Crippen molar-refractivity contribution >= 4 is 29.2 Å². The number of rotatable bonds is 1. The summed E-state index contributed by atoms with van der Waals surface area (Å²) in [4.78, 5) is 33.7. The van der Waals surface area contributed by atoms with Gasteiger partial charge in [-0.3, -0.25) is 9.78 Å². The van der Waals surface area contributed by atoms with Gasteiger partial charge in [-0.25, -0.2) is 9.78 Å². The number of hydrogen-bond donors (Lipinski definition) is 2. The fraction of sp³-hybridized carbons (Fsp3) is 0.333. The van der Waals surface area contributed by atoms with Crippen LogP contribution in [0.2, 0.25) is 0 Å². The Morgan fingerprint density at radius 2 is 2.16 bits per heavy atom. The lowest BCUT2D eigenvalue weighted by Gasteiger charge is -2.09. The van der Waals surface area contributed by atoms with E-state index in [0.717, 1.165) is 30.5 Å². The summed E-state index contributed by atoms with van der Waals surface area (Å²) < 4.78 is 4.99. The number of carbonyl (C=O) groups excluding carboxylic acids is 1. The molecule has 0 bridgehead atoms. The number of pyridine rings is 1. The summed E-state index contributed by atoms with van der Waals surface area (Å²) in [6.45, 7) is 0. The number of aryl methyl sites for hydroxylation is 1. The third kappa shape index (κ3) is 1.77. The molecule has 19 heavy (non-hydrogen) atoms. The molecule has 1 aliphatic carbocycles. The average Bonchev–Trinajstić information content (AvgIpc) is 2.82. The molecule has 0 atom stereocenters. The van der Waals surface area contributed by atoms with E-state index < -0.39 is 11.5 Å². The van der Waals surface area contributed by atoms with Gasteiger partial charge in [-0.1, -0.05) is 0 Å². The molecule has 0 saturated carbocycles. The summed E-state index contributed by atoms with van der Waals surface area (Å²) >= 11 is 4.93. The third-order valence-corrected chi connectivity index (χ3v) is 3.50. The van der Waals surface area contributed by atoms with Gasteiger partial charge in [-0.05, 0) is 37.0 Å². The van der Waals surface area contributed by atoms with Gasteiger partial charge in [0.1, 0.15) is 5.65 Å². The number of nitrogens with one attached hydrogen (secondary N) is 2. The zero-order valence-electron chi connectivity index (χ0n) is 10.2. The van der Waals surface area contributed by atoms with E-state index >= 15 is 0 Å². The highest BCUT2D eigenvalue weighted by Crippen LogP contribution is 2.28. The predicted octanol–water partition coefficient (Wildman–Crippen LogP) is 1.26. The molecule has 0 aromatic carbocycles. The van der Waals surface area contributed by atoms with Gasteiger partial charge in [-0.15, -0.1) is 0 Å². The standard InChI is InChI=1S/C12H11N3O3S/c1-18-11(17)7-5-3-2-4-6(5)13-9-8(7)10(16)15-12(19)14-9/h2-4H2,1H3,(H2,13,14,15,16,19). The number of methoxy groups -OCH3 is 1. The Morgan fingerprint density at radius 1 is 1.37 bits per heavy atom. The minimum atomic E-state index is -0.512. The molecule has 1 aliphatic rings. The molecule has 0 saturated heterocycles. The van der Waals surface area contributed by atoms with Crippen LogP contribution in [0, 0.1) is 4.77 Å². The second kappa shape index (κ2) is 4.27. The fourth-order valence-electron chi connectivity index (χ4n) is 2.52. The van der Waals surface area contributed by atoms with Crippen LogP contribution in [0.4, 0.5) is 0 Å². The Morgan fingerprint density at radius 3 is 2.89 bits per heavy atom. The second-order valence-electron chi connectivity index (χ2n) is 4.39. The second-order valence-corrected chi connectivity index (χ2v) is 4.80. The molecule has 98 valence electrons. The molecule has 0 fully saturated rings. The van der Waals surface area contributed by atoms with Gasteiger partial charge in [0.25, 0.3) is 5.56 Å². The van der Waals surface area contributed by atoms with Crippen molar-refractivity contribution < 1.29 is 9.53 Å². The van der Waals surface area contributed by atoms with Crippen LogP contribution in [0.3, 0.4) is 0 Å². The van der Waals surface area contributed by atoms with E-state index in [0.29, 0.717) is 11.2 Å². The molecule has 7 heteroatoms. The molecule has 2 N–H and O–H groups in total. The highest BCUT2D eigenvalue weighted by molar-refractivity contribution is 7.71. The van der Waals surface area contributed by atoms with E-state index in [1.807, 2.05) is 0 Å². The van der Waals surface area contributed by atoms with Crippen molar-refractivity contribution in [2.45, 2.75) is 19.3 Å². The predicted molar refractivity (Wildman–Crippen MR) is 70.9 cm³/mol. The molecule has 0 aliphatic heterocycles. The van der Waals surface area contributed by atoms with Crippen LogP contribution in [-0.2, 0) is 17.6 Å². The molecular weight excluding hydrogens is 266 g/mol. The molecule has 0 amide bonds. The zero-order chi connectivity index (χ0) is 13.6. The monoisotopic (exact) mass is 277 g/mol. The largest absolute Gasteiger partial charge is 0.465 e. The molecule has 0 spiro atoms. The highest BCUT2D eigenvalue weighted by atomic mass is 32.1. The number of fused-ring (bicyclic) bond motifs is 2. The van der Waals surface area contributed by atoms with Crippen LogP contribution in [0.5, 0.6) is 0 Å². The van der Waals surface area contributed by atoms with E-state index in [1.54, 1.807) is 0 Å². The maximum atomic E-state index is 12.1. The number of aromatic nitrogens is 3. The van der Waals surface area contributed by atoms with Crippen molar-refractivity contribution in [3.63, 3.8) is 0 Å². The van der Waals surface area contributed by atoms with Crippen molar-refractivity contribution in [1.29, 1.82) is 0 Å². The summed E-state index contributed by atoms with van der Waals surface area (Å²) in [6.07, 6.45) is 2.45. The van der Waals surface area contributed by atoms with Gasteiger partial charge < -0.3 is 9.72 Å². The van der Waals surface area contributed by atoms with Crippen molar-refractivity contribution in [3.8, 4) is 0 Å². The molecular formula is C12H11N3O3S. The minimum Gasteiger partial charge on any atom is -0.465 e. The van der Waals surface area contributed by atoms with Gasteiger partial charge in [0.2, 0.25) is 0 Å². The lowest BCUT2D eigenvalue weighted by atomic mass is 10.0. The van der Waals surface area contributed by atoms with Crippen LogP contribution in [0.15, 0.2) is 4.79 Å². The van der Waals surface area contributed by atoms with Gasteiger partial charge in [0, 0.05) is 5.69 Å². The first kappa shape index (κ1) is 12.0. The average molecular weight is 277 g/mol. The smallest absolute Gasteiger partial charge is 0.339 e. The topological polar surface area (TPSA) is 87.8 Å². The van der Waals surface area contributed by atoms with Crippen LogP contribution in [0.1, 0.15) is 28.0 Å². The molecule has 3 rings (SSSR count). The van der Waals surface area contributed by atoms with Gasteiger partial charge in [0.05, 0.1) is 18.1 Å².